The van der Waals surface area contributed by atoms with E-state index >= 15 is 0 Å². The molecule has 128 valence electrons. The third-order valence-corrected chi connectivity index (χ3v) is 3.99. The molecule has 0 aliphatic carbocycles. The van der Waals surface area contributed by atoms with E-state index in [1.165, 1.54) is 0 Å². The van der Waals surface area contributed by atoms with Gasteiger partial charge in [0.25, 0.3) is 5.91 Å². The summed E-state index contributed by atoms with van der Waals surface area (Å²) in [5.41, 5.74) is 0.638. The van der Waals surface area contributed by atoms with E-state index in [0.29, 0.717) is 18.7 Å². The number of amides is 1. The van der Waals surface area contributed by atoms with Crippen molar-refractivity contribution < 1.29 is 14.3 Å². The molecule has 1 N–H and O–H groups in total. The smallest absolute Gasteiger partial charge is 0.251 e. The molecule has 1 saturated heterocycles. The van der Waals surface area contributed by atoms with Gasteiger partial charge in [0.2, 0.25) is 0 Å². The summed E-state index contributed by atoms with van der Waals surface area (Å²) in [6, 6.07) is 9.11. The lowest BCUT2D eigenvalue weighted by Crippen LogP contribution is -2.25. The minimum Gasteiger partial charge on any atom is -0.491 e. The fraction of sp³-hybridized carbons (Fsp3) is 0.444. The third kappa shape index (κ3) is 4.83. The molecule has 1 unspecified atom stereocenters. The Morgan fingerprint density at radius 1 is 1.38 bits per heavy atom. The number of benzene rings is 1. The number of aromatic nitrogens is 2. The van der Waals surface area contributed by atoms with Crippen molar-refractivity contribution in [2.75, 3.05) is 19.8 Å². The van der Waals surface area contributed by atoms with Crippen molar-refractivity contribution >= 4 is 5.91 Å². The molecule has 0 radical (unpaired) electrons. The Morgan fingerprint density at radius 2 is 2.25 bits per heavy atom. The summed E-state index contributed by atoms with van der Waals surface area (Å²) in [5, 5.41) is 7.04. The van der Waals surface area contributed by atoms with Gasteiger partial charge in [-0.05, 0) is 49.6 Å². The van der Waals surface area contributed by atoms with Gasteiger partial charge in [0, 0.05) is 37.7 Å². The van der Waals surface area contributed by atoms with E-state index < -0.39 is 0 Å². The van der Waals surface area contributed by atoms with E-state index in [9.17, 15) is 4.79 Å². The largest absolute Gasteiger partial charge is 0.491 e. The van der Waals surface area contributed by atoms with Crippen LogP contribution in [0.1, 0.15) is 29.6 Å². The molecule has 1 aromatic carbocycles. The van der Waals surface area contributed by atoms with E-state index in [1.54, 1.807) is 18.3 Å². The first kappa shape index (κ1) is 16.5. The van der Waals surface area contributed by atoms with Crippen LogP contribution in [0.3, 0.4) is 0 Å². The molecular formula is C18H23N3O3. The van der Waals surface area contributed by atoms with Crippen LogP contribution in [-0.4, -0.2) is 41.6 Å². The first-order valence-corrected chi connectivity index (χ1v) is 8.41. The molecule has 1 atom stereocenters. The molecule has 0 bridgehead atoms. The quantitative estimate of drug-likeness (QED) is 0.755. The Labute approximate surface area is 141 Å². The van der Waals surface area contributed by atoms with Crippen LogP contribution >= 0.6 is 0 Å². The summed E-state index contributed by atoms with van der Waals surface area (Å²) in [6.07, 6.45) is 6.86. The maximum absolute atomic E-state index is 12.1. The maximum atomic E-state index is 12.1. The summed E-state index contributed by atoms with van der Waals surface area (Å²) in [4.78, 5) is 12.1. The maximum Gasteiger partial charge on any atom is 0.251 e. The molecule has 1 aromatic heterocycles. The van der Waals surface area contributed by atoms with Gasteiger partial charge in [-0.15, -0.1) is 0 Å². The fourth-order valence-corrected chi connectivity index (χ4v) is 2.65. The van der Waals surface area contributed by atoms with Crippen LogP contribution in [-0.2, 0) is 11.3 Å². The van der Waals surface area contributed by atoms with E-state index in [2.05, 4.69) is 10.4 Å². The zero-order valence-corrected chi connectivity index (χ0v) is 13.7. The highest BCUT2D eigenvalue weighted by molar-refractivity contribution is 5.94. The van der Waals surface area contributed by atoms with Crippen LogP contribution in [0.25, 0.3) is 0 Å². The van der Waals surface area contributed by atoms with Crippen molar-refractivity contribution in [3.8, 4) is 5.75 Å². The zero-order valence-electron chi connectivity index (χ0n) is 13.7. The van der Waals surface area contributed by atoms with Gasteiger partial charge in [0.05, 0.1) is 6.10 Å². The van der Waals surface area contributed by atoms with Gasteiger partial charge in [0.1, 0.15) is 12.4 Å². The molecule has 1 aliphatic rings. The molecule has 6 nitrogen and oxygen atoms in total. The van der Waals surface area contributed by atoms with Gasteiger partial charge >= 0.3 is 0 Å². The number of nitrogens with one attached hydrogen (secondary N) is 1. The highest BCUT2D eigenvalue weighted by Gasteiger charge is 2.16. The fourth-order valence-electron chi connectivity index (χ4n) is 2.65. The van der Waals surface area contributed by atoms with E-state index in [0.717, 1.165) is 38.2 Å². The minimum absolute atomic E-state index is 0.0684. The molecule has 0 saturated carbocycles. The summed E-state index contributed by atoms with van der Waals surface area (Å²) in [6.45, 7) is 2.81. The van der Waals surface area contributed by atoms with Gasteiger partial charge < -0.3 is 14.8 Å². The Kier molecular flexibility index (Phi) is 5.85. The SMILES string of the molecule is O=C(NCCCn1cccn1)c1ccc(OCC2CCCO2)cc1. The summed E-state index contributed by atoms with van der Waals surface area (Å²) in [5.74, 6) is 0.696. The highest BCUT2D eigenvalue weighted by atomic mass is 16.5. The molecule has 1 fully saturated rings. The lowest BCUT2D eigenvalue weighted by atomic mass is 10.2. The summed E-state index contributed by atoms with van der Waals surface area (Å²) < 4.78 is 13.1. The molecule has 0 spiro atoms. The van der Waals surface area contributed by atoms with Gasteiger partial charge in [-0.3, -0.25) is 9.48 Å². The van der Waals surface area contributed by atoms with Crippen LogP contribution in [0.2, 0.25) is 0 Å². The van der Waals surface area contributed by atoms with Gasteiger partial charge in [-0.1, -0.05) is 0 Å². The molecule has 1 amide bonds. The van der Waals surface area contributed by atoms with Crippen molar-refractivity contribution in [3.63, 3.8) is 0 Å². The first-order valence-electron chi connectivity index (χ1n) is 8.41. The summed E-state index contributed by atoms with van der Waals surface area (Å²) >= 11 is 0. The Bertz CT molecular complexity index is 619. The van der Waals surface area contributed by atoms with Crippen molar-refractivity contribution in [2.45, 2.75) is 31.9 Å². The van der Waals surface area contributed by atoms with Crippen LogP contribution in [0.5, 0.6) is 5.75 Å². The van der Waals surface area contributed by atoms with E-state index in [4.69, 9.17) is 9.47 Å². The number of hydrogen-bond donors (Lipinski definition) is 1. The second-order valence-corrected chi connectivity index (χ2v) is 5.85. The van der Waals surface area contributed by atoms with Gasteiger partial charge in [-0.2, -0.15) is 5.10 Å². The number of nitrogens with zero attached hydrogens (tertiary/aromatic N) is 2. The average Bonchev–Trinajstić information content (AvgIpc) is 3.31. The van der Waals surface area contributed by atoms with Gasteiger partial charge in [-0.25, -0.2) is 0 Å². The van der Waals surface area contributed by atoms with E-state index in [-0.39, 0.29) is 12.0 Å². The standard InChI is InChI=1S/C18H23N3O3/c22-18(19-9-2-11-21-12-3-10-20-21)15-5-7-16(8-6-15)24-14-17-4-1-13-23-17/h3,5-8,10,12,17H,1-2,4,9,11,13-14H2,(H,19,22). The van der Waals surface area contributed by atoms with E-state index in [1.807, 2.05) is 29.1 Å². The number of carbonyl (C=O) groups excluding carboxylic acids is 1. The predicted octanol–water partition coefficient (Wildman–Crippen LogP) is 2.26. The van der Waals surface area contributed by atoms with Crippen molar-refractivity contribution in [3.05, 3.63) is 48.3 Å². The Hall–Kier alpha value is -2.34. The topological polar surface area (TPSA) is 65.4 Å². The number of rotatable bonds is 8. The molecular weight excluding hydrogens is 306 g/mol. The number of aryl methyl sites for hydroxylation is 1. The average molecular weight is 329 g/mol. The van der Waals surface area contributed by atoms with Crippen molar-refractivity contribution in [2.24, 2.45) is 0 Å². The Morgan fingerprint density at radius 3 is 2.96 bits per heavy atom. The van der Waals surface area contributed by atoms with Crippen LogP contribution in [0.15, 0.2) is 42.7 Å². The lowest BCUT2D eigenvalue weighted by molar-refractivity contribution is 0.0679. The highest BCUT2D eigenvalue weighted by Crippen LogP contribution is 2.16. The van der Waals surface area contributed by atoms with Crippen molar-refractivity contribution in [1.82, 2.24) is 15.1 Å². The number of hydrogen-bond acceptors (Lipinski definition) is 4. The van der Waals surface area contributed by atoms with Gasteiger partial charge in [0.15, 0.2) is 0 Å². The van der Waals surface area contributed by atoms with Crippen LogP contribution in [0.4, 0.5) is 0 Å². The minimum atomic E-state index is -0.0684. The first-order chi connectivity index (χ1) is 11.8. The Balaban J connectivity index is 1.38. The lowest BCUT2D eigenvalue weighted by Gasteiger charge is -2.11. The second-order valence-electron chi connectivity index (χ2n) is 5.85. The van der Waals surface area contributed by atoms with Crippen molar-refractivity contribution in [1.29, 1.82) is 0 Å². The molecule has 1 aliphatic heterocycles. The zero-order chi connectivity index (χ0) is 16.6. The molecule has 3 rings (SSSR count). The molecule has 24 heavy (non-hydrogen) atoms. The monoisotopic (exact) mass is 329 g/mol. The molecule has 2 heterocycles. The summed E-state index contributed by atoms with van der Waals surface area (Å²) in [7, 11) is 0. The second kappa shape index (κ2) is 8.49. The molecule has 2 aromatic rings. The third-order valence-electron chi connectivity index (χ3n) is 3.99. The van der Waals surface area contributed by atoms with Crippen LogP contribution < -0.4 is 10.1 Å². The predicted molar refractivity (Wildman–Crippen MR) is 90.1 cm³/mol. The molecule has 6 heteroatoms. The number of carbonyl (C=O) groups is 1. The normalized spacial score (nSPS) is 16.9. The van der Waals surface area contributed by atoms with Crippen LogP contribution in [0, 0.1) is 0 Å². The number of ether oxygens (including phenoxy) is 2.